The second kappa shape index (κ2) is 7.08. The molecule has 0 bridgehead atoms. The summed E-state index contributed by atoms with van der Waals surface area (Å²) in [6.45, 7) is 1.68. The summed E-state index contributed by atoms with van der Waals surface area (Å²) in [6, 6.07) is 18.0. The number of amides is 1. The number of fused-ring (bicyclic) bond motifs is 2. The molecule has 1 amide bonds. The number of allylic oxidation sites excluding steroid dienone is 1. The highest BCUT2D eigenvalue weighted by atomic mass is 16.5. The van der Waals surface area contributed by atoms with Crippen molar-refractivity contribution in [2.45, 2.75) is 18.9 Å². The average molecular weight is 401 g/mol. The van der Waals surface area contributed by atoms with Gasteiger partial charge in [0.2, 0.25) is 11.8 Å². The highest BCUT2D eigenvalue weighted by molar-refractivity contribution is 6.12. The summed E-state index contributed by atoms with van der Waals surface area (Å²) in [6.07, 6.45) is 0. The van der Waals surface area contributed by atoms with Crippen LogP contribution in [0.4, 0.5) is 0 Å². The van der Waals surface area contributed by atoms with Crippen LogP contribution in [0.15, 0.2) is 77.3 Å². The molecule has 1 atom stereocenters. The van der Waals surface area contributed by atoms with E-state index in [0.717, 1.165) is 5.56 Å². The second-order valence-corrected chi connectivity index (χ2v) is 7.09. The van der Waals surface area contributed by atoms with Crippen molar-refractivity contribution in [1.29, 1.82) is 5.26 Å². The Labute approximate surface area is 173 Å². The minimum Gasteiger partial charge on any atom is -0.457 e. The van der Waals surface area contributed by atoms with E-state index in [9.17, 15) is 14.9 Å². The molecule has 2 aromatic rings. The number of nitriles is 1. The van der Waals surface area contributed by atoms with E-state index in [0.29, 0.717) is 17.0 Å². The van der Waals surface area contributed by atoms with Gasteiger partial charge in [-0.1, -0.05) is 48.5 Å². The number of likely N-dealkylation sites (N-methyl/N-ethyl adjacent to an activating group) is 1. The van der Waals surface area contributed by atoms with Gasteiger partial charge < -0.3 is 20.1 Å². The summed E-state index contributed by atoms with van der Waals surface area (Å²) < 4.78 is 11.1. The maximum atomic E-state index is 13.5. The van der Waals surface area contributed by atoms with Gasteiger partial charge in [0.05, 0.1) is 5.57 Å². The largest absolute Gasteiger partial charge is 0.457 e. The lowest BCUT2D eigenvalue weighted by molar-refractivity contribution is -0.142. The first kappa shape index (κ1) is 19.3. The van der Waals surface area contributed by atoms with Gasteiger partial charge in [-0.2, -0.15) is 5.26 Å². The minimum atomic E-state index is -1.71. The number of ether oxygens (including phenoxy) is 2. The van der Waals surface area contributed by atoms with Crippen molar-refractivity contribution in [3.05, 3.63) is 88.5 Å². The zero-order valence-corrected chi connectivity index (χ0v) is 16.5. The fourth-order valence-electron chi connectivity index (χ4n) is 4.02. The van der Waals surface area contributed by atoms with Crippen molar-refractivity contribution >= 4 is 11.9 Å². The number of carbonyl (C=O) groups excluding carboxylic acids is 2. The van der Waals surface area contributed by atoms with Gasteiger partial charge in [-0.25, -0.2) is 4.79 Å². The maximum absolute atomic E-state index is 13.5. The first-order valence-corrected chi connectivity index (χ1v) is 9.31. The van der Waals surface area contributed by atoms with E-state index >= 15 is 0 Å². The van der Waals surface area contributed by atoms with Gasteiger partial charge in [0.25, 0.3) is 0 Å². The molecule has 2 aromatic carbocycles. The zero-order chi connectivity index (χ0) is 21.5. The summed E-state index contributed by atoms with van der Waals surface area (Å²) >= 11 is 0. The number of hydrogen-bond donors (Lipinski definition) is 1. The van der Waals surface area contributed by atoms with Crippen LogP contribution in [0.2, 0.25) is 0 Å². The van der Waals surface area contributed by atoms with E-state index in [-0.39, 0.29) is 23.6 Å². The second-order valence-electron chi connectivity index (χ2n) is 7.09. The number of carbonyl (C=O) groups is 2. The number of nitrogens with zero attached hydrogens (tertiary/aromatic N) is 2. The molecule has 2 N–H and O–H groups in total. The van der Waals surface area contributed by atoms with Crippen LogP contribution in [0, 0.1) is 11.3 Å². The Morgan fingerprint density at radius 3 is 2.57 bits per heavy atom. The molecule has 1 spiro atoms. The molecule has 4 rings (SSSR count). The molecule has 30 heavy (non-hydrogen) atoms. The minimum absolute atomic E-state index is 0.0314. The predicted octanol–water partition coefficient (Wildman–Crippen LogP) is 2.50. The molecule has 0 fully saturated rings. The lowest BCUT2D eigenvalue weighted by Crippen LogP contribution is -2.46. The molecule has 0 aliphatic carbocycles. The van der Waals surface area contributed by atoms with Crippen LogP contribution in [0.5, 0.6) is 5.75 Å². The molecular weight excluding hydrogens is 382 g/mol. The summed E-state index contributed by atoms with van der Waals surface area (Å²) in [5.74, 6) is -1.03. The van der Waals surface area contributed by atoms with E-state index < -0.39 is 17.3 Å². The number of rotatable bonds is 3. The molecular formula is C23H19N3O4. The Hall–Kier alpha value is -4.05. The average Bonchev–Trinajstić information content (AvgIpc) is 2.95. The van der Waals surface area contributed by atoms with Crippen molar-refractivity contribution in [3.63, 3.8) is 0 Å². The van der Waals surface area contributed by atoms with Crippen LogP contribution < -0.4 is 10.5 Å². The number of hydrogen-bond acceptors (Lipinski definition) is 6. The first-order chi connectivity index (χ1) is 14.4. The fraction of sp³-hybridized carbons (Fsp3) is 0.174. The molecule has 0 aromatic heterocycles. The Bertz CT molecular complexity index is 1160. The molecule has 0 saturated heterocycles. The van der Waals surface area contributed by atoms with Crippen LogP contribution in [-0.4, -0.2) is 23.8 Å². The maximum Gasteiger partial charge on any atom is 0.337 e. The summed E-state index contributed by atoms with van der Waals surface area (Å²) in [7, 11) is 1.56. The molecule has 150 valence electrons. The van der Waals surface area contributed by atoms with Crippen molar-refractivity contribution in [3.8, 4) is 11.8 Å². The zero-order valence-electron chi connectivity index (χ0n) is 16.5. The topological polar surface area (TPSA) is 106 Å². The van der Waals surface area contributed by atoms with Gasteiger partial charge in [-0.3, -0.25) is 4.79 Å². The third-order valence-corrected chi connectivity index (χ3v) is 5.53. The number of para-hydroxylation sites is 1. The smallest absolute Gasteiger partial charge is 0.337 e. The van der Waals surface area contributed by atoms with E-state index in [2.05, 4.69) is 0 Å². The van der Waals surface area contributed by atoms with Gasteiger partial charge in [-0.15, -0.1) is 0 Å². The van der Waals surface area contributed by atoms with Gasteiger partial charge in [0.1, 0.15) is 24.0 Å². The van der Waals surface area contributed by atoms with Crippen molar-refractivity contribution in [2.75, 3.05) is 7.05 Å². The SMILES string of the molecule is CC1=C(C(=O)OCc2ccccc2)[C@]2(C(=O)N1C)C(C#N)=C(N)Oc1ccccc12. The lowest BCUT2D eigenvalue weighted by Gasteiger charge is -2.34. The highest BCUT2D eigenvalue weighted by Crippen LogP contribution is 2.53. The molecule has 0 radical (unpaired) electrons. The Morgan fingerprint density at radius 2 is 1.87 bits per heavy atom. The summed E-state index contributed by atoms with van der Waals surface area (Å²) in [5, 5.41) is 9.90. The molecule has 0 unspecified atom stereocenters. The Balaban J connectivity index is 1.88. The van der Waals surface area contributed by atoms with Crippen LogP contribution >= 0.6 is 0 Å². The summed E-state index contributed by atoms with van der Waals surface area (Å²) in [4.78, 5) is 28.2. The quantitative estimate of drug-likeness (QED) is 0.792. The van der Waals surface area contributed by atoms with Crippen molar-refractivity contribution in [2.24, 2.45) is 5.73 Å². The molecule has 2 heterocycles. The third kappa shape index (κ3) is 2.58. The number of esters is 1. The monoisotopic (exact) mass is 401 g/mol. The third-order valence-electron chi connectivity index (χ3n) is 5.53. The Morgan fingerprint density at radius 1 is 1.20 bits per heavy atom. The molecule has 7 heteroatoms. The van der Waals surface area contributed by atoms with Crippen LogP contribution in [0.3, 0.4) is 0 Å². The van der Waals surface area contributed by atoms with E-state index in [4.69, 9.17) is 15.2 Å². The van der Waals surface area contributed by atoms with Gasteiger partial charge in [0, 0.05) is 18.3 Å². The summed E-state index contributed by atoms with van der Waals surface area (Å²) in [5.41, 5.74) is 5.86. The molecule has 2 aliphatic rings. The van der Waals surface area contributed by atoms with E-state index in [1.807, 2.05) is 36.4 Å². The van der Waals surface area contributed by atoms with E-state index in [1.54, 1.807) is 38.2 Å². The number of benzene rings is 2. The highest BCUT2D eigenvalue weighted by Gasteiger charge is 2.61. The lowest BCUT2D eigenvalue weighted by atomic mass is 9.68. The van der Waals surface area contributed by atoms with Gasteiger partial charge in [0.15, 0.2) is 5.41 Å². The van der Waals surface area contributed by atoms with Crippen LogP contribution in [0.25, 0.3) is 0 Å². The van der Waals surface area contributed by atoms with Gasteiger partial charge >= 0.3 is 5.97 Å². The van der Waals surface area contributed by atoms with E-state index in [1.165, 1.54) is 4.90 Å². The predicted molar refractivity (Wildman–Crippen MR) is 107 cm³/mol. The molecule has 7 nitrogen and oxygen atoms in total. The normalized spacial score (nSPS) is 20.2. The van der Waals surface area contributed by atoms with Crippen molar-refractivity contribution in [1.82, 2.24) is 4.90 Å². The first-order valence-electron chi connectivity index (χ1n) is 9.31. The standard InChI is InChI=1S/C23H19N3O4/c1-14-19(21(27)29-13-15-8-4-3-5-9-15)23(22(28)26(14)2)16-10-6-7-11-18(16)30-20(25)17(23)12-24/h3-11H,13,25H2,1-2H3/t23-/m1/s1. The number of nitrogens with two attached hydrogens (primary N) is 1. The van der Waals surface area contributed by atoms with Gasteiger partial charge in [-0.05, 0) is 18.6 Å². The Kier molecular flexibility index (Phi) is 4.55. The molecule has 0 saturated carbocycles. The molecule has 2 aliphatic heterocycles. The van der Waals surface area contributed by atoms with Crippen LogP contribution in [-0.2, 0) is 26.3 Å². The van der Waals surface area contributed by atoms with Crippen molar-refractivity contribution < 1.29 is 19.1 Å². The fourth-order valence-corrected chi connectivity index (χ4v) is 4.02. The van der Waals surface area contributed by atoms with Crippen LogP contribution in [0.1, 0.15) is 18.1 Å².